The molecule has 248 valence electrons. The Bertz CT molecular complexity index is 2130. The normalized spacial score (nSPS) is 14.1. The fraction of sp³-hybridized carbons (Fsp3) is 0.278. The van der Waals surface area contributed by atoms with Crippen LogP contribution in [0.2, 0.25) is 0 Å². The minimum atomic E-state index is -0.803. The van der Waals surface area contributed by atoms with Crippen molar-refractivity contribution in [2.45, 2.75) is 33.4 Å². The molecule has 2 heterocycles. The van der Waals surface area contributed by atoms with Crippen LogP contribution in [0.25, 0.3) is 6.08 Å². The maximum Gasteiger partial charge on any atom is 0.271 e. The third-order valence-corrected chi connectivity index (χ3v) is 9.88. The summed E-state index contributed by atoms with van der Waals surface area (Å²) in [6.45, 7) is 6.84. The van der Waals surface area contributed by atoms with E-state index in [2.05, 4.69) is 28.7 Å². The fourth-order valence-corrected chi connectivity index (χ4v) is 7.47. The molecule has 0 saturated carbocycles. The van der Waals surface area contributed by atoms with E-state index < -0.39 is 6.04 Å². The molecule has 4 aromatic rings. The number of likely N-dealkylation sites (N-methyl/N-ethyl adjacent to an activating group) is 1. The molecule has 1 aliphatic rings. The molecule has 0 unspecified atom stereocenters. The summed E-state index contributed by atoms with van der Waals surface area (Å²) in [5.74, 6) is 1.90. The number of nitriles is 1. The van der Waals surface area contributed by atoms with Crippen LogP contribution in [-0.4, -0.2) is 49.8 Å². The van der Waals surface area contributed by atoms with Crippen LogP contribution in [0, 0.1) is 14.9 Å². The van der Waals surface area contributed by atoms with Crippen molar-refractivity contribution in [2.75, 3.05) is 34.4 Å². The zero-order valence-corrected chi connectivity index (χ0v) is 30.5. The summed E-state index contributed by atoms with van der Waals surface area (Å²) in [6.07, 6.45) is 1.79. The van der Waals surface area contributed by atoms with Crippen LogP contribution in [0.15, 0.2) is 75.7 Å². The number of nitrogens with zero attached hydrogens (tertiary/aromatic N) is 4. The zero-order valence-electron chi connectivity index (χ0n) is 27.5. The highest BCUT2D eigenvalue weighted by Gasteiger charge is 2.36. The van der Waals surface area contributed by atoms with E-state index in [-0.39, 0.29) is 18.1 Å². The quantitative estimate of drug-likeness (QED) is 0.193. The lowest BCUT2D eigenvalue weighted by atomic mass is 9.93. The number of methoxy groups -OCH3 is 3. The number of aromatic nitrogens is 1. The Labute approximate surface area is 296 Å². The van der Waals surface area contributed by atoms with Crippen molar-refractivity contribution >= 4 is 45.9 Å². The van der Waals surface area contributed by atoms with E-state index in [1.54, 1.807) is 74.1 Å². The van der Waals surface area contributed by atoms with Gasteiger partial charge in [0.05, 0.1) is 52.3 Å². The number of carbonyl (C=O) groups excluding carboxylic acids is 1. The molecule has 1 aliphatic heterocycles. The van der Waals surface area contributed by atoms with Gasteiger partial charge >= 0.3 is 0 Å². The van der Waals surface area contributed by atoms with E-state index in [1.165, 1.54) is 11.3 Å². The fourth-order valence-electron chi connectivity index (χ4n) is 5.64. The lowest BCUT2D eigenvalue weighted by molar-refractivity contribution is -0.127. The van der Waals surface area contributed by atoms with Crippen LogP contribution >= 0.6 is 33.9 Å². The second-order valence-electron chi connectivity index (χ2n) is 10.8. The van der Waals surface area contributed by atoms with Crippen LogP contribution in [0.3, 0.4) is 0 Å². The molecule has 1 atom stereocenters. The van der Waals surface area contributed by atoms with Gasteiger partial charge < -0.3 is 23.8 Å². The molecule has 0 aliphatic carbocycles. The maximum absolute atomic E-state index is 14.3. The summed E-state index contributed by atoms with van der Waals surface area (Å²) >= 11 is 3.41. The number of thiazole rings is 1. The number of amides is 1. The largest absolute Gasteiger partial charge is 0.497 e. The number of fused-ring (bicyclic) bond motifs is 1. The first kappa shape index (κ1) is 34.7. The van der Waals surface area contributed by atoms with E-state index in [0.29, 0.717) is 67.8 Å². The van der Waals surface area contributed by atoms with Crippen molar-refractivity contribution in [3.05, 3.63) is 111 Å². The third kappa shape index (κ3) is 6.70. The SMILES string of the molecule is CCN(CC)C(=O)C1=C(C)N=c2s/c(=C/c3cc(I)c(OCc4ccccc4C#N)c(OC)c3)c(=O)n2[C@H]1c1cc(OC)ccc1OC. The van der Waals surface area contributed by atoms with Crippen LogP contribution in [0.4, 0.5) is 0 Å². The van der Waals surface area contributed by atoms with Gasteiger partial charge in [-0.25, -0.2) is 4.99 Å². The first-order chi connectivity index (χ1) is 23.2. The van der Waals surface area contributed by atoms with Gasteiger partial charge in [0.2, 0.25) is 0 Å². The van der Waals surface area contributed by atoms with Crippen LogP contribution in [0.5, 0.6) is 23.0 Å². The van der Waals surface area contributed by atoms with Crippen molar-refractivity contribution < 1.29 is 23.7 Å². The highest BCUT2D eigenvalue weighted by atomic mass is 127. The molecular weight excluding hydrogens is 743 g/mol. The Morgan fingerprint density at radius 2 is 1.79 bits per heavy atom. The molecule has 5 rings (SSSR count). The lowest BCUT2D eigenvalue weighted by Gasteiger charge is -2.30. The first-order valence-electron chi connectivity index (χ1n) is 15.2. The molecule has 1 amide bonds. The van der Waals surface area contributed by atoms with Gasteiger partial charge in [-0.05, 0) is 91.4 Å². The smallest absolute Gasteiger partial charge is 0.271 e. The molecule has 1 aromatic heterocycles. The third-order valence-electron chi connectivity index (χ3n) is 8.09. The average Bonchev–Trinajstić information content (AvgIpc) is 3.40. The number of halogens is 1. The first-order valence-corrected chi connectivity index (χ1v) is 17.1. The molecule has 3 aromatic carbocycles. The Balaban J connectivity index is 1.64. The van der Waals surface area contributed by atoms with Crippen molar-refractivity contribution in [3.8, 4) is 29.1 Å². The Morgan fingerprint density at radius 3 is 2.46 bits per heavy atom. The second-order valence-corrected chi connectivity index (χ2v) is 12.9. The molecule has 0 radical (unpaired) electrons. The number of rotatable bonds is 11. The van der Waals surface area contributed by atoms with Crippen molar-refractivity contribution in [1.82, 2.24) is 9.47 Å². The van der Waals surface area contributed by atoms with Crippen molar-refractivity contribution in [1.29, 1.82) is 5.26 Å². The number of ether oxygens (including phenoxy) is 4. The summed E-state index contributed by atoms with van der Waals surface area (Å²) in [5.41, 5.74) is 3.28. The minimum Gasteiger partial charge on any atom is -0.497 e. The summed E-state index contributed by atoms with van der Waals surface area (Å²) in [5, 5.41) is 9.46. The van der Waals surface area contributed by atoms with Gasteiger partial charge in [0.1, 0.15) is 24.1 Å². The summed E-state index contributed by atoms with van der Waals surface area (Å²) in [7, 11) is 4.68. The summed E-state index contributed by atoms with van der Waals surface area (Å²) < 4.78 is 25.9. The van der Waals surface area contributed by atoms with Crippen molar-refractivity contribution in [2.24, 2.45) is 4.99 Å². The predicted molar refractivity (Wildman–Crippen MR) is 192 cm³/mol. The Morgan fingerprint density at radius 1 is 1.06 bits per heavy atom. The second kappa shape index (κ2) is 15.1. The van der Waals surface area contributed by atoms with E-state index in [1.807, 2.05) is 38.1 Å². The molecule has 0 spiro atoms. The standard InChI is InChI=1S/C36H35IN4O6S/c1-7-40(8-2)35(43)31-21(3)39-36-41(32(31)26-18-25(44-4)13-14-28(26)45-5)34(42)30(48-36)17-22-15-27(37)33(29(16-22)46-6)47-20-24-12-10-9-11-23(24)19-38/h9-18,32H,7-8,20H2,1-6H3/b30-17+/t32-/m0/s1. The molecule has 0 bridgehead atoms. The van der Waals surface area contributed by atoms with Gasteiger partial charge in [0.25, 0.3) is 11.5 Å². The topological polar surface area (TPSA) is 115 Å². The van der Waals surface area contributed by atoms with Gasteiger partial charge in [-0.15, -0.1) is 0 Å². The highest BCUT2D eigenvalue weighted by Crippen LogP contribution is 2.38. The summed E-state index contributed by atoms with van der Waals surface area (Å²) in [6, 6.07) is 17.7. The van der Waals surface area contributed by atoms with Crippen LogP contribution in [0.1, 0.15) is 49.1 Å². The molecule has 0 fully saturated rings. The van der Waals surface area contributed by atoms with Gasteiger partial charge in [-0.3, -0.25) is 14.2 Å². The molecule has 10 nitrogen and oxygen atoms in total. The average molecular weight is 779 g/mol. The van der Waals surface area contributed by atoms with Crippen molar-refractivity contribution in [3.63, 3.8) is 0 Å². The number of benzene rings is 3. The van der Waals surface area contributed by atoms with Gasteiger partial charge in [0.15, 0.2) is 16.3 Å². The van der Waals surface area contributed by atoms with E-state index in [0.717, 1.165) is 14.7 Å². The number of hydrogen-bond acceptors (Lipinski definition) is 9. The van der Waals surface area contributed by atoms with Crippen LogP contribution < -0.4 is 33.8 Å². The zero-order chi connectivity index (χ0) is 34.5. The molecule has 0 saturated heterocycles. The van der Waals surface area contributed by atoms with Gasteiger partial charge in [0, 0.05) is 24.2 Å². The molecule has 48 heavy (non-hydrogen) atoms. The Kier molecular flexibility index (Phi) is 10.9. The van der Waals surface area contributed by atoms with Crippen LogP contribution in [-0.2, 0) is 11.4 Å². The van der Waals surface area contributed by atoms with Gasteiger partial charge in [-0.2, -0.15) is 5.26 Å². The highest BCUT2D eigenvalue weighted by molar-refractivity contribution is 14.1. The maximum atomic E-state index is 14.3. The molecular formula is C36H35IN4O6S. The minimum absolute atomic E-state index is 0.190. The molecule has 0 N–H and O–H groups in total. The van der Waals surface area contributed by atoms with Gasteiger partial charge in [-0.1, -0.05) is 29.5 Å². The Hall–Kier alpha value is -4.61. The van der Waals surface area contributed by atoms with E-state index >= 15 is 0 Å². The van der Waals surface area contributed by atoms with E-state index in [4.69, 9.17) is 23.9 Å². The number of allylic oxidation sites excluding steroid dienone is 1. The summed E-state index contributed by atoms with van der Waals surface area (Å²) in [4.78, 5) is 35.3. The monoisotopic (exact) mass is 778 g/mol. The number of hydrogen-bond donors (Lipinski definition) is 0. The van der Waals surface area contributed by atoms with E-state index in [9.17, 15) is 14.9 Å². The lowest BCUT2D eigenvalue weighted by Crippen LogP contribution is -2.43. The number of carbonyl (C=O) groups is 1. The predicted octanol–water partition coefficient (Wildman–Crippen LogP) is 5.18. The molecule has 12 heteroatoms.